The lowest BCUT2D eigenvalue weighted by molar-refractivity contribution is -0.126. The molecule has 1 aliphatic rings. The third-order valence-electron chi connectivity index (χ3n) is 4.20. The Bertz CT molecular complexity index is 680. The molecular formula is C14H18N4O2. The van der Waals surface area contributed by atoms with Crippen LogP contribution in [-0.4, -0.2) is 15.5 Å². The number of para-hydroxylation sites is 2. The first-order chi connectivity index (χ1) is 9.70. The lowest BCUT2D eigenvalue weighted by Crippen LogP contribution is -2.38. The second kappa shape index (κ2) is 5.13. The molecule has 0 unspecified atom stereocenters. The lowest BCUT2D eigenvalue weighted by Gasteiger charge is -2.28. The van der Waals surface area contributed by atoms with Gasteiger partial charge < -0.3 is 4.98 Å². The Morgan fingerprint density at radius 3 is 2.65 bits per heavy atom. The van der Waals surface area contributed by atoms with Gasteiger partial charge in [-0.2, -0.15) is 0 Å². The summed E-state index contributed by atoms with van der Waals surface area (Å²) in [4.78, 5) is 26.5. The normalized spacial score (nSPS) is 22.9. The minimum Gasteiger partial charge on any atom is -0.306 e. The highest BCUT2D eigenvalue weighted by Crippen LogP contribution is 2.32. The van der Waals surface area contributed by atoms with Crippen LogP contribution in [-0.2, 0) is 4.79 Å². The van der Waals surface area contributed by atoms with Gasteiger partial charge in [-0.25, -0.2) is 10.6 Å². The molecule has 6 heteroatoms. The molecule has 4 N–H and O–H groups in total. The van der Waals surface area contributed by atoms with Crippen LogP contribution in [0.4, 0.5) is 0 Å². The molecule has 1 aliphatic carbocycles. The van der Waals surface area contributed by atoms with E-state index < -0.39 is 0 Å². The van der Waals surface area contributed by atoms with Crippen molar-refractivity contribution in [2.24, 2.45) is 11.8 Å². The summed E-state index contributed by atoms with van der Waals surface area (Å²) in [6, 6.07) is 7.85. The molecule has 1 saturated carbocycles. The molecule has 0 radical (unpaired) electrons. The lowest BCUT2D eigenvalue weighted by atomic mass is 9.85. The molecule has 1 aromatic carbocycles. The number of hydrogen-bond acceptors (Lipinski definition) is 3. The van der Waals surface area contributed by atoms with Crippen LogP contribution in [0.3, 0.4) is 0 Å². The van der Waals surface area contributed by atoms with E-state index in [-0.39, 0.29) is 23.6 Å². The highest BCUT2D eigenvalue weighted by Gasteiger charge is 2.28. The number of fused-ring (bicyclic) bond motifs is 1. The summed E-state index contributed by atoms with van der Waals surface area (Å²) in [5, 5.41) is 0. The number of nitrogens with two attached hydrogens (primary N) is 1. The predicted octanol–water partition coefficient (Wildman–Crippen LogP) is 1.05. The number of imidazole rings is 1. The number of aromatic amines is 1. The average Bonchev–Trinajstić information content (AvgIpc) is 2.82. The highest BCUT2D eigenvalue weighted by molar-refractivity contribution is 5.78. The van der Waals surface area contributed by atoms with Crippen LogP contribution in [0.15, 0.2) is 29.1 Å². The van der Waals surface area contributed by atoms with Gasteiger partial charge in [0.25, 0.3) is 0 Å². The molecule has 2 aromatic rings. The molecule has 3 rings (SSSR count). The Hall–Kier alpha value is -2.08. The van der Waals surface area contributed by atoms with Crippen molar-refractivity contribution in [3.05, 3.63) is 34.7 Å². The standard InChI is InChI=1S/C14H18N4O2/c15-17-13(19)9-5-7-10(8-6-9)18-12-4-2-1-3-11(12)16-14(18)20/h1-4,9-10H,5-8,15H2,(H,16,20)(H,17,19). The van der Waals surface area contributed by atoms with E-state index in [0.29, 0.717) is 0 Å². The van der Waals surface area contributed by atoms with E-state index in [0.717, 1.165) is 36.7 Å². The summed E-state index contributed by atoms with van der Waals surface area (Å²) in [7, 11) is 0. The number of aromatic nitrogens is 2. The molecule has 20 heavy (non-hydrogen) atoms. The van der Waals surface area contributed by atoms with Crippen LogP contribution in [0.5, 0.6) is 0 Å². The molecule has 6 nitrogen and oxygen atoms in total. The molecule has 0 spiro atoms. The number of hydrogen-bond donors (Lipinski definition) is 3. The van der Waals surface area contributed by atoms with E-state index in [9.17, 15) is 9.59 Å². The van der Waals surface area contributed by atoms with Gasteiger partial charge in [-0.05, 0) is 37.8 Å². The molecule has 0 aliphatic heterocycles. The van der Waals surface area contributed by atoms with Gasteiger partial charge in [0.2, 0.25) is 5.91 Å². The largest absolute Gasteiger partial charge is 0.326 e. The van der Waals surface area contributed by atoms with Crippen LogP contribution in [0.1, 0.15) is 31.7 Å². The van der Waals surface area contributed by atoms with Gasteiger partial charge in [0, 0.05) is 12.0 Å². The average molecular weight is 274 g/mol. The molecule has 1 fully saturated rings. The third-order valence-corrected chi connectivity index (χ3v) is 4.20. The minimum absolute atomic E-state index is 0.0304. The van der Waals surface area contributed by atoms with Gasteiger partial charge >= 0.3 is 5.69 Å². The van der Waals surface area contributed by atoms with E-state index in [1.807, 2.05) is 28.8 Å². The number of nitrogens with zero attached hydrogens (tertiary/aromatic N) is 1. The number of carbonyl (C=O) groups excluding carboxylic acids is 1. The van der Waals surface area contributed by atoms with Crippen LogP contribution in [0.2, 0.25) is 0 Å². The highest BCUT2D eigenvalue weighted by atomic mass is 16.2. The summed E-state index contributed by atoms with van der Waals surface area (Å²) in [5.41, 5.74) is 3.94. The molecular weight excluding hydrogens is 256 g/mol. The first kappa shape index (κ1) is 12.9. The van der Waals surface area contributed by atoms with Crippen LogP contribution >= 0.6 is 0 Å². The van der Waals surface area contributed by atoms with Crippen molar-refractivity contribution in [1.29, 1.82) is 0 Å². The maximum Gasteiger partial charge on any atom is 0.326 e. The van der Waals surface area contributed by atoms with Gasteiger partial charge in [-0.15, -0.1) is 0 Å². The van der Waals surface area contributed by atoms with E-state index in [1.165, 1.54) is 0 Å². The molecule has 0 bridgehead atoms. The van der Waals surface area contributed by atoms with Gasteiger partial charge in [0.15, 0.2) is 0 Å². The van der Waals surface area contributed by atoms with Crippen LogP contribution < -0.4 is 17.0 Å². The fraction of sp³-hybridized carbons (Fsp3) is 0.429. The van der Waals surface area contributed by atoms with Crippen molar-refractivity contribution >= 4 is 16.9 Å². The topological polar surface area (TPSA) is 92.9 Å². The van der Waals surface area contributed by atoms with Gasteiger partial charge in [-0.3, -0.25) is 14.8 Å². The Morgan fingerprint density at radius 1 is 1.25 bits per heavy atom. The zero-order valence-corrected chi connectivity index (χ0v) is 11.1. The predicted molar refractivity (Wildman–Crippen MR) is 75.9 cm³/mol. The van der Waals surface area contributed by atoms with Crippen molar-refractivity contribution in [2.45, 2.75) is 31.7 Å². The summed E-state index contributed by atoms with van der Waals surface area (Å²) in [6.07, 6.45) is 3.17. The zero-order valence-electron chi connectivity index (χ0n) is 11.1. The smallest absolute Gasteiger partial charge is 0.306 e. The zero-order chi connectivity index (χ0) is 14.1. The SMILES string of the molecule is NNC(=O)C1CCC(n2c(=O)[nH]c3ccccc32)CC1. The molecule has 1 amide bonds. The number of carbonyl (C=O) groups is 1. The Morgan fingerprint density at radius 2 is 1.95 bits per heavy atom. The molecule has 0 saturated heterocycles. The number of H-pyrrole nitrogens is 1. The van der Waals surface area contributed by atoms with E-state index >= 15 is 0 Å². The number of amides is 1. The minimum atomic E-state index is -0.102. The van der Waals surface area contributed by atoms with Crippen molar-refractivity contribution in [2.75, 3.05) is 0 Å². The quantitative estimate of drug-likeness (QED) is 0.434. The summed E-state index contributed by atoms with van der Waals surface area (Å²) < 4.78 is 1.83. The first-order valence-corrected chi connectivity index (χ1v) is 6.90. The van der Waals surface area contributed by atoms with Crippen molar-refractivity contribution in [1.82, 2.24) is 15.0 Å². The van der Waals surface area contributed by atoms with Gasteiger partial charge in [0.05, 0.1) is 11.0 Å². The van der Waals surface area contributed by atoms with E-state index in [2.05, 4.69) is 10.4 Å². The molecule has 0 atom stereocenters. The number of nitrogens with one attached hydrogen (secondary N) is 2. The Balaban J connectivity index is 1.85. The van der Waals surface area contributed by atoms with Gasteiger partial charge in [-0.1, -0.05) is 12.1 Å². The van der Waals surface area contributed by atoms with Crippen LogP contribution in [0.25, 0.3) is 11.0 Å². The summed E-state index contributed by atoms with van der Waals surface area (Å²) in [5.74, 6) is 5.04. The fourth-order valence-corrected chi connectivity index (χ4v) is 3.15. The third kappa shape index (κ3) is 2.12. The maximum absolute atomic E-state index is 12.1. The molecule has 1 heterocycles. The van der Waals surface area contributed by atoms with E-state index in [1.54, 1.807) is 0 Å². The monoisotopic (exact) mass is 274 g/mol. The fourth-order valence-electron chi connectivity index (χ4n) is 3.15. The summed E-state index contributed by atoms with van der Waals surface area (Å²) >= 11 is 0. The number of rotatable bonds is 2. The van der Waals surface area contributed by atoms with Crippen molar-refractivity contribution in [3.63, 3.8) is 0 Å². The van der Waals surface area contributed by atoms with Gasteiger partial charge in [0.1, 0.15) is 0 Å². The van der Waals surface area contributed by atoms with Crippen molar-refractivity contribution in [3.8, 4) is 0 Å². The number of hydrazine groups is 1. The Labute approximate surface area is 115 Å². The molecule has 1 aromatic heterocycles. The maximum atomic E-state index is 12.1. The van der Waals surface area contributed by atoms with E-state index in [4.69, 9.17) is 5.84 Å². The second-order valence-electron chi connectivity index (χ2n) is 5.33. The van der Waals surface area contributed by atoms with Crippen molar-refractivity contribution < 1.29 is 4.79 Å². The Kier molecular flexibility index (Phi) is 3.31. The number of benzene rings is 1. The first-order valence-electron chi connectivity index (χ1n) is 6.90. The molecule has 106 valence electrons. The second-order valence-corrected chi connectivity index (χ2v) is 5.33. The van der Waals surface area contributed by atoms with Crippen LogP contribution in [0, 0.1) is 5.92 Å². The summed E-state index contributed by atoms with van der Waals surface area (Å²) in [6.45, 7) is 0.